The van der Waals surface area contributed by atoms with Crippen molar-refractivity contribution >= 4 is 23.5 Å². The highest BCUT2D eigenvalue weighted by atomic mass is 16.5. The summed E-state index contributed by atoms with van der Waals surface area (Å²) in [5.74, 6) is -0.123. The van der Waals surface area contributed by atoms with Crippen LogP contribution in [-0.2, 0) is 33.8 Å². The van der Waals surface area contributed by atoms with Gasteiger partial charge in [0.15, 0.2) is 0 Å². The van der Waals surface area contributed by atoms with E-state index in [0.717, 1.165) is 22.4 Å². The topological polar surface area (TPSA) is 139 Å². The molecule has 10 nitrogen and oxygen atoms in total. The lowest BCUT2D eigenvalue weighted by Gasteiger charge is -2.27. The van der Waals surface area contributed by atoms with E-state index in [1.165, 1.54) is 0 Å². The second-order valence-electron chi connectivity index (χ2n) is 10.5. The number of anilines is 1. The Morgan fingerprint density at radius 3 is 2.33 bits per heavy atom. The molecule has 2 heterocycles. The van der Waals surface area contributed by atoms with Gasteiger partial charge in [-0.15, -0.1) is 0 Å². The Hall–Kier alpha value is -4.28. The third-order valence-electron chi connectivity index (χ3n) is 7.35. The molecule has 1 saturated heterocycles. The van der Waals surface area contributed by atoms with E-state index in [0.29, 0.717) is 57.1 Å². The lowest BCUT2D eigenvalue weighted by molar-refractivity contribution is -0.129. The van der Waals surface area contributed by atoms with Gasteiger partial charge in [-0.3, -0.25) is 14.4 Å². The molecule has 3 amide bonds. The Labute approximate surface area is 247 Å². The molecule has 0 spiro atoms. The van der Waals surface area contributed by atoms with Gasteiger partial charge in [0.2, 0.25) is 11.8 Å². The number of aromatic nitrogens is 1. The number of nitrogen functional groups attached to an aromatic ring is 1. The number of nitrogens with one attached hydrogen (secondary N) is 3. The number of nitrogens with two attached hydrogens (primary N) is 1. The van der Waals surface area contributed by atoms with Crippen LogP contribution in [0.25, 0.3) is 0 Å². The second kappa shape index (κ2) is 15.1. The number of aryl methyl sites for hydroxylation is 2. The van der Waals surface area contributed by atoms with Gasteiger partial charge in [-0.2, -0.15) is 0 Å². The summed E-state index contributed by atoms with van der Waals surface area (Å²) in [6, 6.07) is 19.7. The van der Waals surface area contributed by atoms with Crippen LogP contribution in [0.5, 0.6) is 0 Å². The van der Waals surface area contributed by atoms with Crippen molar-refractivity contribution in [1.29, 1.82) is 0 Å². The minimum Gasteiger partial charge on any atom is -0.384 e. The molecule has 1 aliphatic heterocycles. The van der Waals surface area contributed by atoms with Crippen molar-refractivity contribution < 1.29 is 19.1 Å². The molecule has 4 rings (SSSR count). The number of morpholine rings is 1. The molecular formula is C32H40N6O4. The number of ether oxygens (including phenoxy) is 1. The van der Waals surface area contributed by atoms with Gasteiger partial charge in [-0.25, -0.2) is 4.98 Å². The standard InChI is InChI=1S/C32H40N6O4/c1-22-27(13-15-29(33)36-22)21-35-30(39)23(2)37-31(40)28(14-10-24-6-4-3-5-7-24)34-20-25-8-11-26(12-9-25)32(41)38-16-18-42-19-17-38/h3-9,11-13,15,23,28,34H,10,14,16-21H2,1-2H3,(H2,33,36)(H,35,39)(H,37,40). The molecule has 0 saturated carbocycles. The van der Waals surface area contributed by atoms with Crippen molar-refractivity contribution in [1.82, 2.24) is 25.8 Å². The van der Waals surface area contributed by atoms with Crippen LogP contribution in [0.4, 0.5) is 5.82 Å². The summed E-state index contributed by atoms with van der Waals surface area (Å²) in [5.41, 5.74) is 10.0. The zero-order valence-electron chi connectivity index (χ0n) is 24.3. The number of carbonyl (C=O) groups is 3. The maximum Gasteiger partial charge on any atom is 0.254 e. The van der Waals surface area contributed by atoms with Crippen LogP contribution in [0.3, 0.4) is 0 Å². The van der Waals surface area contributed by atoms with E-state index < -0.39 is 12.1 Å². The molecule has 5 N–H and O–H groups in total. The van der Waals surface area contributed by atoms with Crippen LogP contribution in [-0.4, -0.2) is 66.0 Å². The van der Waals surface area contributed by atoms with Crippen LogP contribution < -0.4 is 21.7 Å². The van der Waals surface area contributed by atoms with Gasteiger partial charge < -0.3 is 31.3 Å². The summed E-state index contributed by atoms with van der Waals surface area (Å²) < 4.78 is 5.34. The molecule has 0 radical (unpaired) electrons. The number of benzene rings is 2. The van der Waals surface area contributed by atoms with Crippen LogP contribution in [0.2, 0.25) is 0 Å². The summed E-state index contributed by atoms with van der Waals surface area (Å²) in [7, 11) is 0. The van der Waals surface area contributed by atoms with Crippen LogP contribution in [0, 0.1) is 6.92 Å². The molecule has 1 aromatic heterocycles. The Bertz CT molecular complexity index is 1340. The van der Waals surface area contributed by atoms with Crippen LogP contribution in [0.15, 0.2) is 66.7 Å². The van der Waals surface area contributed by atoms with Crippen molar-refractivity contribution in [2.45, 2.75) is 51.9 Å². The van der Waals surface area contributed by atoms with Gasteiger partial charge in [0.05, 0.1) is 19.3 Å². The Balaban J connectivity index is 1.34. The summed E-state index contributed by atoms with van der Waals surface area (Å²) in [5, 5.41) is 9.08. The van der Waals surface area contributed by atoms with Gasteiger partial charge in [-0.1, -0.05) is 48.5 Å². The van der Waals surface area contributed by atoms with E-state index in [1.54, 1.807) is 17.9 Å². The molecule has 222 valence electrons. The van der Waals surface area contributed by atoms with Gasteiger partial charge in [-0.05, 0) is 61.6 Å². The molecule has 1 aliphatic rings. The Kier molecular flexibility index (Phi) is 11.0. The van der Waals surface area contributed by atoms with Crippen molar-refractivity contribution in [3.63, 3.8) is 0 Å². The molecule has 0 bridgehead atoms. The van der Waals surface area contributed by atoms with E-state index in [-0.39, 0.29) is 24.3 Å². The van der Waals surface area contributed by atoms with Gasteiger partial charge in [0.25, 0.3) is 5.91 Å². The molecule has 2 unspecified atom stereocenters. The van der Waals surface area contributed by atoms with Crippen molar-refractivity contribution in [2.24, 2.45) is 0 Å². The summed E-state index contributed by atoms with van der Waals surface area (Å²) in [4.78, 5) is 44.9. The minimum atomic E-state index is -0.731. The molecule has 2 aromatic carbocycles. The maximum absolute atomic E-state index is 13.3. The lowest BCUT2D eigenvalue weighted by atomic mass is 10.0. The first-order valence-electron chi connectivity index (χ1n) is 14.3. The fourth-order valence-electron chi connectivity index (χ4n) is 4.75. The zero-order valence-corrected chi connectivity index (χ0v) is 24.3. The fraction of sp³-hybridized carbons (Fsp3) is 0.375. The SMILES string of the molecule is Cc1nc(N)ccc1CNC(=O)C(C)NC(=O)C(CCc1ccccc1)NCc1ccc(C(=O)N2CCOCC2)cc1. The Morgan fingerprint density at radius 1 is 0.929 bits per heavy atom. The first-order chi connectivity index (χ1) is 20.3. The predicted octanol–water partition coefficient (Wildman–Crippen LogP) is 2.36. The van der Waals surface area contributed by atoms with Crippen LogP contribution >= 0.6 is 0 Å². The normalized spacial score (nSPS) is 14.6. The number of hydrogen-bond donors (Lipinski definition) is 4. The highest BCUT2D eigenvalue weighted by molar-refractivity contribution is 5.94. The quantitative estimate of drug-likeness (QED) is 0.261. The van der Waals surface area contributed by atoms with Gasteiger partial charge in [0.1, 0.15) is 11.9 Å². The molecule has 10 heteroatoms. The molecule has 1 fully saturated rings. The third-order valence-corrected chi connectivity index (χ3v) is 7.35. The second-order valence-corrected chi connectivity index (χ2v) is 10.5. The van der Waals surface area contributed by atoms with Gasteiger partial charge >= 0.3 is 0 Å². The highest BCUT2D eigenvalue weighted by Gasteiger charge is 2.23. The number of nitrogens with zero attached hydrogens (tertiary/aromatic N) is 2. The van der Waals surface area contributed by atoms with E-state index >= 15 is 0 Å². The van der Waals surface area contributed by atoms with Crippen molar-refractivity contribution in [3.8, 4) is 0 Å². The fourth-order valence-corrected chi connectivity index (χ4v) is 4.75. The first kappa shape index (κ1) is 30.7. The predicted molar refractivity (Wildman–Crippen MR) is 161 cm³/mol. The smallest absolute Gasteiger partial charge is 0.254 e. The average molecular weight is 573 g/mol. The summed E-state index contributed by atoms with van der Waals surface area (Å²) in [6.07, 6.45) is 1.25. The van der Waals surface area contributed by atoms with E-state index in [4.69, 9.17) is 10.5 Å². The molecule has 3 aromatic rings. The maximum atomic E-state index is 13.3. The first-order valence-corrected chi connectivity index (χ1v) is 14.3. The third kappa shape index (κ3) is 8.86. The van der Waals surface area contributed by atoms with Crippen molar-refractivity contribution in [3.05, 3.63) is 94.7 Å². The number of pyridine rings is 1. The number of amides is 3. The highest BCUT2D eigenvalue weighted by Crippen LogP contribution is 2.12. The molecule has 0 aliphatic carbocycles. The van der Waals surface area contributed by atoms with Gasteiger partial charge in [0, 0.05) is 37.4 Å². The van der Waals surface area contributed by atoms with E-state index in [9.17, 15) is 14.4 Å². The Morgan fingerprint density at radius 2 is 1.64 bits per heavy atom. The van der Waals surface area contributed by atoms with E-state index in [2.05, 4.69) is 20.9 Å². The molecular weight excluding hydrogens is 532 g/mol. The number of carbonyl (C=O) groups excluding carboxylic acids is 3. The summed E-state index contributed by atoms with van der Waals surface area (Å²) >= 11 is 0. The van der Waals surface area contributed by atoms with Crippen molar-refractivity contribution in [2.75, 3.05) is 32.0 Å². The monoisotopic (exact) mass is 572 g/mol. The van der Waals surface area contributed by atoms with E-state index in [1.807, 2.05) is 67.6 Å². The molecule has 2 atom stereocenters. The zero-order chi connectivity index (χ0) is 29.9. The largest absolute Gasteiger partial charge is 0.384 e. The lowest BCUT2D eigenvalue weighted by Crippen LogP contribution is -2.51. The average Bonchev–Trinajstić information content (AvgIpc) is 3.01. The molecule has 42 heavy (non-hydrogen) atoms. The number of hydrogen-bond acceptors (Lipinski definition) is 7. The minimum absolute atomic E-state index is 0.00647. The number of rotatable bonds is 12. The summed E-state index contributed by atoms with van der Waals surface area (Å²) in [6.45, 7) is 6.52. The van der Waals surface area contributed by atoms with Crippen LogP contribution in [0.1, 0.15) is 46.1 Å².